The fourth-order valence-electron chi connectivity index (χ4n) is 2.55. The van der Waals surface area contributed by atoms with Gasteiger partial charge in [-0.2, -0.15) is 0 Å². The van der Waals surface area contributed by atoms with Gasteiger partial charge >= 0.3 is 0 Å². The first kappa shape index (κ1) is 18.6. The number of halogens is 1. The Hall–Kier alpha value is -2.69. The second-order valence-electron chi connectivity index (χ2n) is 6.52. The van der Waals surface area contributed by atoms with Crippen LogP contribution in [0.25, 0.3) is 0 Å². The molecule has 0 spiro atoms. The molecule has 0 aliphatic heterocycles. The summed E-state index contributed by atoms with van der Waals surface area (Å²) in [6, 6.07) is 11.9. The van der Waals surface area contributed by atoms with Crippen molar-refractivity contribution in [1.82, 2.24) is 0 Å². The number of hydrogen-bond acceptors (Lipinski definition) is 2. The lowest BCUT2D eigenvalue weighted by molar-refractivity contribution is -0.116. The van der Waals surface area contributed by atoms with Crippen LogP contribution in [-0.4, -0.2) is 11.8 Å². The molecule has 0 aromatic heterocycles. The summed E-state index contributed by atoms with van der Waals surface area (Å²) < 4.78 is 13.9. The van der Waals surface area contributed by atoms with E-state index in [2.05, 4.69) is 24.5 Å². The van der Waals surface area contributed by atoms with Crippen molar-refractivity contribution < 1.29 is 14.0 Å². The van der Waals surface area contributed by atoms with Crippen LogP contribution in [0.15, 0.2) is 42.5 Å². The summed E-state index contributed by atoms with van der Waals surface area (Å²) in [6.07, 6.45) is 1.15. The summed E-state index contributed by atoms with van der Waals surface area (Å²) in [7, 11) is 0. The van der Waals surface area contributed by atoms with E-state index >= 15 is 0 Å². The highest BCUT2D eigenvalue weighted by atomic mass is 19.1. The number of carbonyl (C=O) groups excluding carboxylic acids is 2. The van der Waals surface area contributed by atoms with Gasteiger partial charge in [0.25, 0.3) is 0 Å². The van der Waals surface area contributed by atoms with Crippen molar-refractivity contribution >= 4 is 23.2 Å². The van der Waals surface area contributed by atoms with Gasteiger partial charge in [0, 0.05) is 12.6 Å². The number of nitrogens with one attached hydrogen (secondary N) is 2. The highest BCUT2D eigenvalue weighted by Crippen LogP contribution is 2.20. The van der Waals surface area contributed by atoms with Crippen LogP contribution in [-0.2, 0) is 22.4 Å². The van der Waals surface area contributed by atoms with E-state index in [0.717, 1.165) is 12.0 Å². The van der Waals surface area contributed by atoms with Gasteiger partial charge in [0.05, 0.1) is 12.1 Å². The summed E-state index contributed by atoms with van der Waals surface area (Å²) in [6.45, 7) is 5.68. The second-order valence-corrected chi connectivity index (χ2v) is 6.52. The molecule has 0 aliphatic carbocycles. The first-order valence-electron chi connectivity index (χ1n) is 8.28. The first-order valence-corrected chi connectivity index (χ1v) is 8.28. The van der Waals surface area contributed by atoms with Crippen molar-refractivity contribution in [3.05, 3.63) is 59.4 Å². The Morgan fingerprint density at radius 2 is 1.64 bits per heavy atom. The maximum Gasteiger partial charge on any atom is 0.228 e. The monoisotopic (exact) mass is 342 g/mol. The highest BCUT2D eigenvalue weighted by molar-refractivity contribution is 5.94. The zero-order valence-corrected chi connectivity index (χ0v) is 14.7. The molecule has 2 rings (SSSR count). The van der Waals surface area contributed by atoms with Crippen LogP contribution in [0.3, 0.4) is 0 Å². The topological polar surface area (TPSA) is 58.2 Å². The van der Waals surface area contributed by atoms with E-state index in [1.807, 2.05) is 24.3 Å². The zero-order valence-electron chi connectivity index (χ0n) is 14.7. The van der Waals surface area contributed by atoms with Gasteiger partial charge in [0.15, 0.2) is 0 Å². The molecule has 2 amide bonds. The largest absolute Gasteiger partial charge is 0.326 e. The molecule has 25 heavy (non-hydrogen) atoms. The SMILES string of the molecule is CC(=O)Nc1ccc(F)c(NC(=O)Cc2ccc(CC(C)C)cc2)c1. The van der Waals surface area contributed by atoms with E-state index in [-0.39, 0.29) is 23.9 Å². The summed E-state index contributed by atoms with van der Waals surface area (Å²) in [5.74, 6) is -0.538. The van der Waals surface area contributed by atoms with Gasteiger partial charge in [0.1, 0.15) is 5.82 Å². The molecular weight excluding hydrogens is 319 g/mol. The van der Waals surface area contributed by atoms with Gasteiger partial charge in [-0.15, -0.1) is 0 Å². The van der Waals surface area contributed by atoms with Crippen LogP contribution >= 0.6 is 0 Å². The third-order valence-corrected chi connectivity index (χ3v) is 3.59. The molecule has 2 N–H and O–H groups in total. The van der Waals surface area contributed by atoms with E-state index in [1.165, 1.54) is 30.7 Å². The van der Waals surface area contributed by atoms with Crippen molar-refractivity contribution in [3.63, 3.8) is 0 Å². The Labute approximate surface area is 147 Å². The minimum Gasteiger partial charge on any atom is -0.326 e. The third kappa shape index (κ3) is 6.03. The van der Waals surface area contributed by atoms with Gasteiger partial charge < -0.3 is 10.6 Å². The zero-order chi connectivity index (χ0) is 18.4. The molecule has 0 fully saturated rings. The maximum atomic E-state index is 13.9. The molecule has 0 heterocycles. The number of carbonyl (C=O) groups is 2. The van der Waals surface area contributed by atoms with Crippen LogP contribution in [0, 0.1) is 11.7 Å². The molecule has 2 aromatic carbocycles. The van der Waals surface area contributed by atoms with Crippen molar-refractivity contribution in [2.75, 3.05) is 10.6 Å². The molecule has 0 saturated heterocycles. The molecule has 0 unspecified atom stereocenters. The van der Waals surface area contributed by atoms with Crippen molar-refractivity contribution in [2.24, 2.45) is 5.92 Å². The van der Waals surface area contributed by atoms with Crippen LogP contribution in [0.1, 0.15) is 31.9 Å². The molecule has 0 saturated carbocycles. The molecule has 0 radical (unpaired) electrons. The predicted octanol–water partition coefficient (Wildman–Crippen LogP) is 4.16. The van der Waals surface area contributed by atoms with Gasteiger partial charge in [-0.25, -0.2) is 4.39 Å². The standard InChI is InChI=1S/C20H23FN2O2/c1-13(2)10-15-4-6-16(7-5-15)11-20(25)23-19-12-17(22-14(3)24)8-9-18(19)21/h4-9,12-13H,10-11H2,1-3H3,(H,22,24)(H,23,25). The molecule has 132 valence electrons. The molecule has 4 nitrogen and oxygen atoms in total. The lowest BCUT2D eigenvalue weighted by Crippen LogP contribution is -2.16. The van der Waals surface area contributed by atoms with E-state index in [4.69, 9.17) is 0 Å². The van der Waals surface area contributed by atoms with Crippen molar-refractivity contribution in [2.45, 2.75) is 33.6 Å². The first-order chi connectivity index (χ1) is 11.8. The molecule has 0 atom stereocenters. The molecule has 5 heteroatoms. The van der Waals surface area contributed by atoms with E-state index in [0.29, 0.717) is 11.6 Å². The number of benzene rings is 2. The van der Waals surface area contributed by atoms with Gasteiger partial charge in [-0.3, -0.25) is 9.59 Å². The van der Waals surface area contributed by atoms with Gasteiger partial charge in [-0.05, 0) is 41.7 Å². The van der Waals surface area contributed by atoms with Crippen LogP contribution in [0.2, 0.25) is 0 Å². The van der Waals surface area contributed by atoms with Crippen LogP contribution in [0.4, 0.5) is 15.8 Å². The Kier molecular flexibility index (Phi) is 6.28. The number of anilines is 2. The minimum atomic E-state index is -0.547. The fourth-order valence-corrected chi connectivity index (χ4v) is 2.55. The van der Waals surface area contributed by atoms with Gasteiger partial charge in [-0.1, -0.05) is 38.1 Å². The Morgan fingerprint density at radius 1 is 1.00 bits per heavy atom. The molecular formula is C20H23FN2O2. The third-order valence-electron chi connectivity index (χ3n) is 3.59. The van der Waals surface area contributed by atoms with E-state index in [1.54, 1.807) is 0 Å². The fraction of sp³-hybridized carbons (Fsp3) is 0.300. The number of rotatable bonds is 6. The number of hydrogen-bond donors (Lipinski definition) is 2. The average molecular weight is 342 g/mol. The van der Waals surface area contributed by atoms with Crippen molar-refractivity contribution in [1.29, 1.82) is 0 Å². The predicted molar refractivity (Wildman–Crippen MR) is 98.0 cm³/mol. The second kappa shape index (κ2) is 8.42. The maximum absolute atomic E-state index is 13.9. The quantitative estimate of drug-likeness (QED) is 0.828. The Morgan fingerprint density at radius 3 is 2.24 bits per heavy atom. The van der Waals surface area contributed by atoms with Crippen LogP contribution < -0.4 is 10.6 Å². The van der Waals surface area contributed by atoms with Crippen molar-refractivity contribution in [3.8, 4) is 0 Å². The summed E-state index contributed by atoms with van der Waals surface area (Å²) in [5.41, 5.74) is 2.58. The number of amides is 2. The average Bonchev–Trinajstić information content (AvgIpc) is 2.51. The summed E-state index contributed by atoms with van der Waals surface area (Å²) in [5, 5.41) is 5.11. The smallest absolute Gasteiger partial charge is 0.228 e. The summed E-state index contributed by atoms with van der Waals surface area (Å²) in [4.78, 5) is 23.2. The van der Waals surface area contributed by atoms with Gasteiger partial charge in [0.2, 0.25) is 11.8 Å². The lowest BCUT2D eigenvalue weighted by Gasteiger charge is -2.10. The summed E-state index contributed by atoms with van der Waals surface area (Å²) >= 11 is 0. The van der Waals surface area contributed by atoms with E-state index < -0.39 is 5.82 Å². The van der Waals surface area contributed by atoms with E-state index in [9.17, 15) is 14.0 Å². The minimum absolute atomic E-state index is 0.0488. The molecule has 0 bridgehead atoms. The Bertz CT molecular complexity index is 755. The lowest BCUT2D eigenvalue weighted by atomic mass is 10.0. The molecule has 0 aliphatic rings. The molecule has 2 aromatic rings. The Balaban J connectivity index is 2.01. The normalized spacial score (nSPS) is 10.6. The highest BCUT2D eigenvalue weighted by Gasteiger charge is 2.10. The van der Waals surface area contributed by atoms with Crippen LogP contribution in [0.5, 0.6) is 0 Å².